The maximum atomic E-state index is 11.9. The van der Waals surface area contributed by atoms with Crippen molar-refractivity contribution in [3.8, 4) is 11.8 Å². The van der Waals surface area contributed by atoms with Crippen LogP contribution in [0.3, 0.4) is 0 Å². The van der Waals surface area contributed by atoms with Crippen LogP contribution in [-0.4, -0.2) is 23.8 Å². The fraction of sp³-hybridized carbons (Fsp3) is 0.400. The average Bonchev–Trinajstić information content (AvgIpc) is 2.62. The van der Waals surface area contributed by atoms with Gasteiger partial charge in [0.25, 0.3) is 0 Å². The Bertz CT molecular complexity index is 557. The van der Waals surface area contributed by atoms with Crippen LogP contribution in [-0.2, 0) is 16.1 Å². The summed E-state index contributed by atoms with van der Waals surface area (Å²) >= 11 is 0. The van der Waals surface area contributed by atoms with Gasteiger partial charge in [-0.05, 0) is 30.5 Å². The molecule has 0 aromatic heterocycles. The number of nitrogens with zero attached hydrogens (tertiary/aromatic N) is 2. The Balaban J connectivity index is 2.22. The highest BCUT2D eigenvalue weighted by Gasteiger charge is 2.24. The lowest BCUT2D eigenvalue weighted by molar-refractivity contribution is -0.144. The summed E-state index contributed by atoms with van der Waals surface area (Å²) in [6, 6.07) is 7.11. The van der Waals surface area contributed by atoms with Gasteiger partial charge in [0.2, 0.25) is 11.8 Å². The van der Waals surface area contributed by atoms with Crippen molar-refractivity contribution < 1.29 is 14.3 Å². The van der Waals surface area contributed by atoms with E-state index in [0.717, 1.165) is 18.4 Å². The number of benzene rings is 1. The second-order valence-electron chi connectivity index (χ2n) is 4.73. The van der Waals surface area contributed by atoms with Crippen LogP contribution >= 0.6 is 0 Å². The number of ether oxygens (including phenoxy) is 1. The predicted molar refractivity (Wildman–Crippen MR) is 71.7 cm³/mol. The first-order chi connectivity index (χ1) is 9.65. The Morgan fingerprint density at radius 1 is 1.25 bits per heavy atom. The maximum absolute atomic E-state index is 11.9. The maximum Gasteiger partial charge on any atom is 0.229 e. The molecule has 0 unspecified atom stereocenters. The first kappa shape index (κ1) is 14.1. The molecule has 1 aromatic carbocycles. The normalized spacial score (nSPS) is 15.7. The summed E-state index contributed by atoms with van der Waals surface area (Å²) in [5.74, 6) is 0.200. The fourth-order valence-electron chi connectivity index (χ4n) is 2.25. The third-order valence-electron chi connectivity index (χ3n) is 3.36. The minimum absolute atomic E-state index is 0.129. The van der Waals surface area contributed by atoms with E-state index in [9.17, 15) is 9.59 Å². The first-order valence-electron chi connectivity index (χ1n) is 6.56. The monoisotopic (exact) mass is 272 g/mol. The fourth-order valence-corrected chi connectivity index (χ4v) is 2.25. The van der Waals surface area contributed by atoms with Crippen molar-refractivity contribution in [2.24, 2.45) is 0 Å². The van der Waals surface area contributed by atoms with Crippen LogP contribution in [0.2, 0.25) is 0 Å². The van der Waals surface area contributed by atoms with Crippen molar-refractivity contribution in [3.63, 3.8) is 0 Å². The summed E-state index contributed by atoms with van der Waals surface area (Å²) in [5, 5.41) is 8.93. The zero-order valence-electron chi connectivity index (χ0n) is 11.4. The Kier molecular flexibility index (Phi) is 4.36. The van der Waals surface area contributed by atoms with Crippen LogP contribution < -0.4 is 4.74 Å². The van der Waals surface area contributed by atoms with E-state index in [1.807, 2.05) is 6.07 Å². The minimum atomic E-state index is -0.129. The summed E-state index contributed by atoms with van der Waals surface area (Å²) in [5.41, 5.74) is 1.22. The van der Waals surface area contributed by atoms with Gasteiger partial charge in [0.15, 0.2) is 0 Å². The molecule has 0 bridgehead atoms. The van der Waals surface area contributed by atoms with Gasteiger partial charge in [-0.1, -0.05) is 6.07 Å². The van der Waals surface area contributed by atoms with Crippen molar-refractivity contribution in [1.29, 1.82) is 5.26 Å². The van der Waals surface area contributed by atoms with Gasteiger partial charge in [-0.2, -0.15) is 5.26 Å². The molecule has 1 aromatic rings. The van der Waals surface area contributed by atoms with E-state index in [2.05, 4.69) is 0 Å². The molecule has 0 saturated carbocycles. The third-order valence-corrected chi connectivity index (χ3v) is 3.36. The van der Waals surface area contributed by atoms with E-state index in [1.165, 1.54) is 12.0 Å². The molecule has 1 heterocycles. The van der Waals surface area contributed by atoms with E-state index in [-0.39, 0.29) is 18.4 Å². The van der Waals surface area contributed by atoms with Crippen LogP contribution in [0.1, 0.15) is 36.8 Å². The number of rotatable bonds is 3. The number of carbonyl (C=O) groups excluding carboxylic acids is 2. The van der Waals surface area contributed by atoms with Gasteiger partial charge in [0.1, 0.15) is 11.8 Å². The molecule has 0 aliphatic carbocycles. The number of hydrogen-bond acceptors (Lipinski definition) is 4. The molecular formula is C15H16N2O3. The highest BCUT2D eigenvalue weighted by atomic mass is 16.5. The molecule has 1 fully saturated rings. The quantitative estimate of drug-likeness (QED) is 0.789. The SMILES string of the molecule is COc1cc(CN2C(=O)CCCCC2=O)ccc1C#N. The van der Waals surface area contributed by atoms with Crippen molar-refractivity contribution in [1.82, 2.24) is 4.90 Å². The van der Waals surface area contributed by atoms with Gasteiger partial charge >= 0.3 is 0 Å². The number of methoxy groups -OCH3 is 1. The van der Waals surface area contributed by atoms with Crippen LogP contribution in [0, 0.1) is 11.3 Å². The van der Waals surface area contributed by atoms with Crippen molar-refractivity contribution >= 4 is 11.8 Å². The molecule has 0 atom stereocenters. The largest absolute Gasteiger partial charge is 0.495 e. The summed E-state index contributed by atoms with van der Waals surface area (Å²) in [4.78, 5) is 25.2. The van der Waals surface area contributed by atoms with Crippen molar-refractivity contribution in [2.75, 3.05) is 7.11 Å². The van der Waals surface area contributed by atoms with Crippen LogP contribution in [0.5, 0.6) is 5.75 Å². The summed E-state index contributed by atoms with van der Waals surface area (Å²) in [6.45, 7) is 0.236. The van der Waals surface area contributed by atoms with Crippen LogP contribution in [0.4, 0.5) is 0 Å². The molecule has 5 heteroatoms. The lowest BCUT2D eigenvalue weighted by Gasteiger charge is -2.19. The third kappa shape index (κ3) is 2.97. The zero-order valence-corrected chi connectivity index (χ0v) is 11.4. The summed E-state index contributed by atoms with van der Waals surface area (Å²) < 4.78 is 5.13. The van der Waals surface area contributed by atoms with Gasteiger partial charge < -0.3 is 4.74 Å². The molecule has 0 spiro atoms. The summed E-state index contributed by atoms with van der Waals surface area (Å²) in [7, 11) is 1.49. The Labute approximate surface area is 117 Å². The molecule has 2 amide bonds. The Morgan fingerprint density at radius 3 is 2.45 bits per heavy atom. The Morgan fingerprint density at radius 2 is 1.90 bits per heavy atom. The smallest absolute Gasteiger partial charge is 0.229 e. The molecule has 1 aliphatic heterocycles. The molecule has 104 valence electrons. The predicted octanol–water partition coefficient (Wildman–Crippen LogP) is 2.00. The second kappa shape index (κ2) is 6.20. The van der Waals surface area contributed by atoms with Gasteiger partial charge in [0.05, 0.1) is 19.2 Å². The van der Waals surface area contributed by atoms with E-state index in [1.54, 1.807) is 18.2 Å². The van der Waals surface area contributed by atoms with Gasteiger partial charge in [-0.15, -0.1) is 0 Å². The second-order valence-corrected chi connectivity index (χ2v) is 4.73. The molecule has 20 heavy (non-hydrogen) atoms. The molecule has 1 aliphatic rings. The topological polar surface area (TPSA) is 70.4 Å². The van der Waals surface area contributed by atoms with Crippen molar-refractivity contribution in [3.05, 3.63) is 29.3 Å². The standard InChI is InChI=1S/C15H16N2O3/c1-20-13-8-11(6-7-12(13)9-16)10-17-14(18)4-2-3-5-15(17)19/h6-8H,2-5,10H2,1H3. The molecule has 2 rings (SSSR count). The highest BCUT2D eigenvalue weighted by molar-refractivity contribution is 5.95. The van der Waals surface area contributed by atoms with E-state index >= 15 is 0 Å². The van der Waals surface area contributed by atoms with E-state index in [4.69, 9.17) is 10.00 Å². The molecule has 0 N–H and O–H groups in total. The zero-order chi connectivity index (χ0) is 14.5. The van der Waals surface area contributed by atoms with Crippen molar-refractivity contribution in [2.45, 2.75) is 32.2 Å². The van der Waals surface area contributed by atoms with Crippen LogP contribution in [0.15, 0.2) is 18.2 Å². The molecule has 1 saturated heterocycles. The number of likely N-dealkylation sites (tertiary alicyclic amines) is 1. The number of carbonyl (C=O) groups is 2. The van der Waals surface area contributed by atoms with Gasteiger partial charge in [-0.3, -0.25) is 14.5 Å². The molecule has 5 nitrogen and oxygen atoms in total. The highest BCUT2D eigenvalue weighted by Crippen LogP contribution is 2.22. The molecular weight excluding hydrogens is 256 g/mol. The van der Waals surface area contributed by atoms with Crippen LogP contribution in [0.25, 0.3) is 0 Å². The number of amides is 2. The first-order valence-corrected chi connectivity index (χ1v) is 6.56. The number of imide groups is 1. The average molecular weight is 272 g/mol. The lowest BCUT2D eigenvalue weighted by Crippen LogP contribution is -2.34. The van der Waals surface area contributed by atoms with Gasteiger partial charge in [-0.25, -0.2) is 0 Å². The van der Waals surface area contributed by atoms with Gasteiger partial charge in [0, 0.05) is 12.8 Å². The number of nitriles is 1. The van der Waals surface area contributed by atoms with E-state index in [0.29, 0.717) is 24.2 Å². The summed E-state index contributed by atoms with van der Waals surface area (Å²) in [6.07, 6.45) is 2.35. The Hall–Kier alpha value is -2.35. The van der Waals surface area contributed by atoms with E-state index < -0.39 is 0 Å². The number of hydrogen-bond donors (Lipinski definition) is 0. The minimum Gasteiger partial charge on any atom is -0.495 e. The lowest BCUT2D eigenvalue weighted by atomic mass is 10.1. The molecule has 0 radical (unpaired) electrons.